The van der Waals surface area contributed by atoms with Crippen LogP contribution >= 0.6 is 24.8 Å². The molecule has 1 fully saturated rings. The normalized spacial score (nSPS) is 19.9. The Morgan fingerprint density at radius 1 is 1.50 bits per heavy atom. The number of rotatable bonds is 1. The standard InChI is InChI=1S/C8H13N3O.2ClH/c1-11-8(12)4-7(10-11)6-2-3-9-5-6;;/h4,6,9-10H,2-3,5H2,1H3;2*1H. The van der Waals surface area contributed by atoms with Crippen molar-refractivity contribution in [2.45, 2.75) is 12.3 Å². The molecule has 82 valence electrons. The van der Waals surface area contributed by atoms with Gasteiger partial charge in [-0.15, -0.1) is 24.8 Å². The van der Waals surface area contributed by atoms with Gasteiger partial charge in [-0.1, -0.05) is 0 Å². The summed E-state index contributed by atoms with van der Waals surface area (Å²) in [6.07, 6.45) is 1.12. The van der Waals surface area contributed by atoms with Crippen molar-refractivity contribution >= 4 is 24.8 Å². The molecule has 0 saturated carbocycles. The van der Waals surface area contributed by atoms with Crippen molar-refractivity contribution < 1.29 is 0 Å². The Bertz CT molecular complexity index is 328. The lowest BCUT2D eigenvalue weighted by atomic mass is 10.1. The van der Waals surface area contributed by atoms with Crippen molar-refractivity contribution in [1.82, 2.24) is 15.1 Å². The fourth-order valence-electron chi connectivity index (χ4n) is 1.64. The van der Waals surface area contributed by atoms with E-state index < -0.39 is 0 Å². The van der Waals surface area contributed by atoms with Gasteiger partial charge in [-0.25, -0.2) is 0 Å². The molecule has 0 aliphatic carbocycles. The molecule has 2 rings (SSSR count). The lowest BCUT2D eigenvalue weighted by Gasteiger charge is -2.03. The third-order valence-corrected chi connectivity index (χ3v) is 2.41. The molecule has 0 aromatic carbocycles. The van der Waals surface area contributed by atoms with Gasteiger partial charge in [-0.05, 0) is 13.0 Å². The van der Waals surface area contributed by atoms with Crippen molar-refractivity contribution in [3.05, 3.63) is 22.1 Å². The zero-order chi connectivity index (χ0) is 8.55. The number of H-pyrrole nitrogens is 1. The van der Waals surface area contributed by atoms with Crippen LogP contribution in [0.2, 0.25) is 0 Å². The van der Waals surface area contributed by atoms with Gasteiger partial charge < -0.3 is 5.32 Å². The number of aromatic nitrogens is 2. The van der Waals surface area contributed by atoms with Gasteiger partial charge in [0.2, 0.25) is 0 Å². The number of nitrogens with zero attached hydrogens (tertiary/aromatic N) is 1. The zero-order valence-electron chi connectivity index (χ0n) is 7.95. The van der Waals surface area contributed by atoms with E-state index in [9.17, 15) is 4.79 Å². The Labute approximate surface area is 94.9 Å². The van der Waals surface area contributed by atoms with Crippen LogP contribution in [0.5, 0.6) is 0 Å². The first-order valence-corrected chi connectivity index (χ1v) is 4.24. The van der Waals surface area contributed by atoms with E-state index >= 15 is 0 Å². The van der Waals surface area contributed by atoms with E-state index in [0.717, 1.165) is 25.2 Å². The van der Waals surface area contributed by atoms with Crippen LogP contribution in [-0.2, 0) is 7.05 Å². The van der Waals surface area contributed by atoms with Crippen molar-refractivity contribution in [2.75, 3.05) is 13.1 Å². The molecule has 2 N–H and O–H groups in total. The predicted molar refractivity (Wildman–Crippen MR) is 60.8 cm³/mol. The number of halogens is 2. The van der Waals surface area contributed by atoms with E-state index in [1.807, 2.05) is 0 Å². The summed E-state index contributed by atoms with van der Waals surface area (Å²) in [6.45, 7) is 2.04. The van der Waals surface area contributed by atoms with Crippen LogP contribution in [-0.4, -0.2) is 22.9 Å². The number of nitrogens with one attached hydrogen (secondary N) is 2. The number of hydrogen-bond acceptors (Lipinski definition) is 2. The van der Waals surface area contributed by atoms with Crippen molar-refractivity contribution in [3.8, 4) is 0 Å². The summed E-state index contributed by atoms with van der Waals surface area (Å²) in [5.74, 6) is 0.499. The van der Waals surface area contributed by atoms with Crippen LogP contribution in [0.25, 0.3) is 0 Å². The lowest BCUT2D eigenvalue weighted by Crippen LogP contribution is -2.10. The molecule has 1 unspecified atom stereocenters. The smallest absolute Gasteiger partial charge is 0.266 e. The second-order valence-corrected chi connectivity index (χ2v) is 3.30. The maximum atomic E-state index is 11.1. The van der Waals surface area contributed by atoms with Gasteiger partial charge in [-0.2, -0.15) is 0 Å². The van der Waals surface area contributed by atoms with Gasteiger partial charge in [0.1, 0.15) is 0 Å². The van der Waals surface area contributed by atoms with E-state index in [2.05, 4.69) is 10.4 Å². The Morgan fingerprint density at radius 2 is 2.21 bits per heavy atom. The fraction of sp³-hybridized carbons (Fsp3) is 0.625. The molecular formula is C8H15Cl2N3O. The lowest BCUT2D eigenvalue weighted by molar-refractivity contribution is 0.671. The third kappa shape index (κ3) is 2.53. The molecule has 1 saturated heterocycles. The molecule has 0 amide bonds. The third-order valence-electron chi connectivity index (χ3n) is 2.41. The summed E-state index contributed by atoms with van der Waals surface area (Å²) in [6, 6.07) is 1.69. The summed E-state index contributed by atoms with van der Waals surface area (Å²) in [5, 5.41) is 6.32. The van der Waals surface area contributed by atoms with Gasteiger partial charge >= 0.3 is 0 Å². The molecule has 14 heavy (non-hydrogen) atoms. The molecular weight excluding hydrogens is 225 g/mol. The van der Waals surface area contributed by atoms with E-state index in [1.54, 1.807) is 13.1 Å². The van der Waals surface area contributed by atoms with Crippen molar-refractivity contribution in [1.29, 1.82) is 0 Å². The Hall–Kier alpha value is -0.450. The van der Waals surface area contributed by atoms with Crippen molar-refractivity contribution in [3.63, 3.8) is 0 Å². The highest BCUT2D eigenvalue weighted by molar-refractivity contribution is 5.85. The van der Waals surface area contributed by atoms with Crippen LogP contribution in [0.3, 0.4) is 0 Å². The molecule has 0 bridgehead atoms. The number of aryl methyl sites for hydroxylation is 1. The average Bonchev–Trinajstić information content (AvgIpc) is 2.61. The van der Waals surface area contributed by atoms with E-state index in [-0.39, 0.29) is 30.4 Å². The molecule has 1 atom stereocenters. The van der Waals surface area contributed by atoms with Gasteiger partial charge in [0.05, 0.1) is 0 Å². The molecule has 2 heterocycles. The van der Waals surface area contributed by atoms with Crippen LogP contribution in [0.15, 0.2) is 10.9 Å². The quantitative estimate of drug-likeness (QED) is 0.756. The maximum Gasteiger partial charge on any atom is 0.266 e. The molecule has 4 nitrogen and oxygen atoms in total. The second kappa shape index (κ2) is 5.44. The molecule has 0 spiro atoms. The summed E-state index contributed by atoms with van der Waals surface area (Å²) in [7, 11) is 1.74. The van der Waals surface area contributed by atoms with Crippen LogP contribution in [0.1, 0.15) is 18.0 Å². The molecule has 1 aliphatic rings. The Balaban J connectivity index is 0.000000845. The van der Waals surface area contributed by atoms with E-state index in [1.165, 1.54) is 4.68 Å². The summed E-state index contributed by atoms with van der Waals surface area (Å²) in [4.78, 5) is 11.1. The first-order valence-electron chi connectivity index (χ1n) is 4.24. The highest BCUT2D eigenvalue weighted by Crippen LogP contribution is 2.18. The zero-order valence-corrected chi connectivity index (χ0v) is 9.58. The molecule has 0 radical (unpaired) electrons. The highest BCUT2D eigenvalue weighted by atomic mass is 35.5. The first kappa shape index (κ1) is 13.5. The molecule has 1 aromatic rings. The largest absolute Gasteiger partial charge is 0.316 e. The minimum atomic E-state index is 0. The SMILES string of the molecule is Cl.Cl.Cn1[nH]c(C2CCNC2)cc1=O. The van der Waals surface area contributed by atoms with E-state index in [0.29, 0.717) is 5.92 Å². The minimum absolute atomic E-state index is 0. The topological polar surface area (TPSA) is 49.8 Å². The Kier molecular flexibility index (Phi) is 5.26. The minimum Gasteiger partial charge on any atom is -0.316 e. The first-order chi connectivity index (χ1) is 5.77. The molecule has 1 aliphatic heterocycles. The number of aromatic amines is 1. The van der Waals surface area contributed by atoms with Crippen LogP contribution in [0.4, 0.5) is 0 Å². The van der Waals surface area contributed by atoms with Crippen LogP contribution in [0, 0.1) is 0 Å². The second-order valence-electron chi connectivity index (χ2n) is 3.30. The van der Waals surface area contributed by atoms with Gasteiger partial charge in [0.15, 0.2) is 0 Å². The summed E-state index contributed by atoms with van der Waals surface area (Å²) >= 11 is 0. The predicted octanol–water partition coefficient (Wildman–Crippen LogP) is 0.634. The summed E-state index contributed by atoms with van der Waals surface area (Å²) in [5.41, 5.74) is 1.12. The average molecular weight is 240 g/mol. The van der Waals surface area contributed by atoms with Crippen molar-refractivity contribution in [2.24, 2.45) is 7.05 Å². The Morgan fingerprint density at radius 3 is 2.64 bits per heavy atom. The monoisotopic (exact) mass is 239 g/mol. The fourth-order valence-corrected chi connectivity index (χ4v) is 1.64. The van der Waals surface area contributed by atoms with Gasteiger partial charge in [0.25, 0.3) is 5.56 Å². The number of hydrogen-bond donors (Lipinski definition) is 2. The molecule has 6 heteroatoms. The van der Waals surface area contributed by atoms with Crippen LogP contribution < -0.4 is 10.9 Å². The van der Waals surface area contributed by atoms with E-state index in [4.69, 9.17) is 0 Å². The molecule has 1 aromatic heterocycles. The van der Waals surface area contributed by atoms with Gasteiger partial charge in [-0.3, -0.25) is 14.6 Å². The summed E-state index contributed by atoms with van der Waals surface area (Å²) < 4.78 is 1.52. The van der Waals surface area contributed by atoms with Gasteiger partial charge in [0, 0.05) is 31.3 Å². The highest BCUT2D eigenvalue weighted by Gasteiger charge is 2.18. The maximum absolute atomic E-state index is 11.1.